The van der Waals surface area contributed by atoms with Crippen molar-refractivity contribution in [2.45, 2.75) is 25.4 Å². The number of nitrogens with one attached hydrogen (secondary N) is 1. The molecule has 3 heteroatoms. The van der Waals surface area contributed by atoms with Gasteiger partial charge in [0.2, 0.25) is 0 Å². The SMILES string of the molecule is CC(F)(c1ccco1)C1CCCNC1. The van der Waals surface area contributed by atoms with E-state index in [0.717, 1.165) is 25.9 Å². The number of hydrogen-bond donors (Lipinski definition) is 1. The van der Waals surface area contributed by atoms with Gasteiger partial charge in [0.1, 0.15) is 5.76 Å². The van der Waals surface area contributed by atoms with Gasteiger partial charge in [0.25, 0.3) is 0 Å². The Morgan fingerprint density at radius 3 is 3.07 bits per heavy atom. The zero-order chi connectivity index (χ0) is 10.0. The molecule has 1 aliphatic heterocycles. The number of hydrogen-bond acceptors (Lipinski definition) is 2. The van der Waals surface area contributed by atoms with Crippen molar-refractivity contribution in [3.05, 3.63) is 24.2 Å². The van der Waals surface area contributed by atoms with Crippen LogP contribution in [0.25, 0.3) is 0 Å². The van der Waals surface area contributed by atoms with Crippen molar-refractivity contribution in [2.75, 3.05) is 13.1 Å². The molecule has 1 saturated heterocycles. The normalized spacial score (nSPS) is 27.1. The fourth-order valence-electron chi connectivity index (χ4n) is 2.07. The van der Waals surface area contributed by atoms with Gasteiger partial charge in [0.15, 0.2) is 5.67 Å². The van der Waals surface area contributed by atoms with Crippen LogP contribution in [0.4, 0.5) is 4.39 Å². The fraction of sp³-hybridized carbons (Fsp3) is 0.636. The third kappa shape index (κ3) is 1.69. The van der Waals surface area contributed by atoms with E-state index in [1.807, 2.05) is 0 Å². The highest BCUT2D eigenvalue weighted by atomic mass is 19.1. The lowest BCUT2D eigenvalue weighted by atomic mass is 9.83. The number of halogens is 1. The van der Waals surface area contributed by atoms with Gasteiger partial charge < -0.3 is 9.73 Å². The smallest absolute Gasteiger partial charge is 0.169 e. The Labute approximate surface area is 83.5 Å². The molecule has 14 heavy (non-hydrogen) atoms. The molecule has 0 bridgehead atoms. The largest absolute Gasteiger partial charge is 0.466 e. The molecule has 1 aromatic heterocycles. The summed E-state index contributed by atoms with van der Waals surface area (Å²) in [4.78, 5) is 0. The van der Waals surface area contributed by atoms with Gasteiger partial charge in [-0.15, -0.1) is 0 Å². The third-order valence-electron chi connectivity index (χ3n) is 3.07. The highest BCUT2D eigenvalue weighted by Gasteiger charge is 2.38. The fourth-order valence-corrected chi connectivity index (χ4v) is 2.07. The standard InChI is InChI=1S/C11H16FNO/c1-11(12,10-5-3-7-14-10)9-4-2-6-13-8-9/h3,5,7,9,13H,2,4,6,8H2,1H3. The molecule has 0 radical (unpaired) electrons. The Hall–Kier alpha value is -0.830. The van der Waals surface area contributed by atoms with E-state index in [4.69, 9.17) is 4.42 Å². The van der Waals surface area contributed by atoms with Crippen LogP contribution in [0.2, 0.25) is 0 Å². The highest BCUT2D eigenvalue weighted by molar-refractivity contribution is 5.10. The van der Waals surface area contributed by atoms with Crippen LogP contribution in [-0.2, 0) is 5.67 Å². The van der Waals surface area contributed by atoms with E-state index >= 15 is 0 Å². The molecule has 1 aliphatic rings. The second-order valence-electron chi connectivity index (χ2n) is 4.10. The van der Waals surface area contributed by atoms with Gasteiger partial charge in [-0.2, -0.15) is 0 Å². The minimum absolute atomic E-state index is 0.0300. The van der Waals surface area contributed by atoms with Gasteiger partial charge >= 0.3 is 0 Å². The summed E-state index contributed by atoms with van der Waals surface area (Å²) >= 11 is 0. The molecule has 0 aromatic carbocycles. The summed E-state index contributed by atoms with van der Waals surface area (Å²) < 4.78 is 19.6. The van der Waals surface area contributed by atoms with E-state index in [9.17, 15) is 4.39 Å². The Kier molecular flexibility index (Phi) is 2.59. The number of rotatable bonds is 2. The molecule has 1 fully saturated rings. The zero-order valence-electron chi connectivity index (χ0n) is 8.42. The lowest BCUT2D eigenvalue weighted by Gasteiger charge is -2.32. The Bertz CT molecular complexity index is 275. The van der Waals surface area contributed by atoms with Crippen LogP contribution in [0.1, 0.15) is 25.5 Å². The molecule has 1 aromatic rings. The lowest BCUT2D eigenvalue weighted by Crippen LogP contribution is -2.39. The van der Waals surface area contributed by atoms with Crippen LogP contribution in [0.15, 0.2) is 22.8 Å². The maximum absolute atomic E-state index is 14.4. The maximum Gasteiger partial charge on any atom is 0.169 e. The Morgan fingerprint density at radius 1 is 1.64 bits per heavy atom. The predicted octanol–water partition coefficient (Wildman–Crippen LogP) is 2.46. The molecule has 2 unspecified atom stereocenters. The van der Waals surface area contributed by atoms with Crippen molar-refractivity contribution in [3.8, 4) is 0 Å². The lowest BCUT2D eigenvalue weighted by molar-refractivity contribution is 0.0573. The first-order chi connectivity index (χ1) is 6.71. The molecule has 2 nitrogen and oxygen atoms in total. The average Bonchev–Trinajstić information content (AvgIpc) is 2.72. The van der Waals surface area contributed by atoms with Crippen LogP contribution in [-0.4, -0.2) is 13.1 Å². The van der Waals surface area contributed by atoms with Crippen LogP contribution in [0.5, 0.6) is 0 Å². The minimum Gasteiger partial charge on any atom is -0.466 e. The second-order valence-corrected chi connectivity index (χ2v) is 4.10. The Balaban J connectivity index is 2.14. The maximum atomic E-state index is 14.4. The molecular weight excluding hydrogens is 181 g/mol. The summed E-state index contributed by atoms with van der Waals surface area (Å²) in [6.07, 6.45) is 3.51. The molecule has 78 valence electrons. The third-order valence-corrected chi connectivity index (χ3v) is 3.07. The summed E-state index contributed by atoms with van der Waals surface area (Å²) in [6, 6.07) is 3.46. The van der Waals surface area contributed by atoms with Gasteiger partial charge in [-0.25, -0.2) is 4.39 Å². The van der Waals surface area contributed by atoms with Crippen molar-refractivity contribution >= 4 is 0 Å². The number of alkyl halides is 1. The van der Waals surface area contributed by atoms with E-state index in [2.05, 4.69) is 5.32 Å². The molecule has 0 saturated carbocycles. The topological polar surface area (TPSA) is 25.2 Å². The molecule has 0 amide bonds. The van der Waals surface area contributed by atoms with Gasteiger partial charge in [-0.1, -0.05) is 0 Å². The highest BCUT2D eigenvalue weighted by Crippen LogP contribution is 2.37. The van der Waals surface area contributed by atoms with E-state index in [0.29, 0.717) is 5.76 Å². The van der Waals surface area contributed by atoms with E-state index in [1.54, 1.807) is 19.1 Å². The van der Waals surface area contributed by atoms with Crippen LogP contribution in [0.3, 0.4) is 0 Å². The van der Waals surface area contributed by atoms with Crippen molar-refractivity contribution in [3.63, 3.8) is 0 Å². The second kappa shape index (κ2) is 3.73. The summed E-state index contributed by atoms with van der Waals surface area (Å²) in [5.74, 6) is 0.480. The number of furan rings is 1. The van der Waals surface area contributed by atoms with Crippen molar-refractivity contribution < 1.29 is 8.81 Å². The summed E-state index contributed by atoms with van der Waals surface area (Å²) in [5.41, 5.74) is -1.34. The van der Waals surface area contributed by atoms with Gasteiger partial charge in [-0.3, -0.25) is 0 Å². The molecule has 1 N–H and O–H groups in total. The van der Waals surface area contributed by atoms with Crippen LogP contribution >= 0.6 is 0 Å². The van der Waals surface area contributed by atoms with E-state index in [1.165, 1.54) is 6.26 Å². The van der Waals surface area contributed by atoms with Gasteiger partial charge in [0.05, 0.1) is 6.26 Å². The minimum atomic E-state index is -1.34. The number of piperidine rings is 1. The first-order valence-corrected chi connectivity index (χ1v) is 5.15. The first-order valence-electron chi connectivity index (χ1n) is 5.15. The quantitative estimate of drug-likeness (QED) is 0.787. The first kappa shape index (κ1) is 9.71. The predicted molar refractivity (Wildman–Crippen MR) is 52.8 cm³/mol. The van der Waals surface area contributed by atoms with Gasteiger partial charge in [-0.05, 0) is 38.4 Å². The van der Waals surface area contributed by atoms with Crippen LogP contribution < -0.4 is 5.32 Å². The molecule has 0 aliphatic carbocycles. The van der Waals surface area contributed by atoms with Crippen molar-refractivity contribution in [1.82, 2.24) is 5.32 Å². The molecule has 2 heterocycles. The molecule has 0 spiro atoms. The molecule has 2 rings (SSSR count). The van der Waals surface area contributed by atoms with Crippen molar-refractivity contribution in [2.24, 2.45) is 5.92 Å². The monoisotopic (exact) mass is 197 g/mol. The molecular formula is C11H16FNO. The molecule has 2 atom stereocenters. The zero-order valence-corrected chi connectivity index (χ0v) is 8.42. The van der Waals surface area contributed by atoms with E-state index < -0.39 is 5.67 Å². The van der Waals surface area contributed by atoms with Gasteiger partial charge in [0, 0.05) is 12.5 Å². The van der Waals surface area contributed by atoms with Crippen molar-refractivity contribution in [1.29, 1.82) is 0 Å². The summed E-state index contributed by atoms with van der Waals surface area (Å²) in [6.45, 7) is 3.36. The van der Waals surface area contributed by atoms with E-state index in [-0.39, 0.29) is 5.92 Å². The average molecular weight is 197 g/mol. The summed E-state index contributed by atoms with van der Waals surface area (Å²) in [5, 5.41) is 3.22. The summed E-state index contributed by atoms with van der Waals surface area (Å²) in [7, 11) is 0. The van der Waals surface area contributed by atoms with Crippen LogP contribution in [0, 0.1) is 5.92 Å². The Morgan fingerprint density at radius 2 is 2.50 bits per heavy atom.